The molecule has 0 aromatic heterocycles. The first-order valence-corrected chi connectivity index (χ1v) is 3.83. The predicted octanol–water partition coefficient (Wildman–Crippen LogP) is -4.78. The summed E-state index contributed by atoms with van der Waals surface area (Å²) in [5, 5.41) is 10.4. The molecule has 0 fully saturated rings. The van der Waals surface area contributed by atoms with Crippen molar-refractivity contribution in [1.29, 1.82) is 0 Å². The van der Waals surface area contributed by atoms with Gasteiger partial charge in [0.2, 0.25) is 0 Å². The van der Waals surface area contributed by atoms with E-state index in [1.165, 1.54) is 0 Å². The van der Waals surface area contributed by atoms with E-state index in [0.29, 0.717) is 18.7 Å². The first-order valence-electron chi connectivity index (χ1n) is 3.83. The fourth-order valence-electron chi connectivity index (χ4n) is 0.975. The second-order valence-electron chi connectivity index (χ2n) is 2.47. The normalized spacial score (nSPS) is 12.4. The molecule has 0 spiro atoms. The molecular weight excluding hydrogens is 290 g/mol. The molecule has 80 valence electrons. The third-order valence-corrected chi connectivity index (χ3v) is 1.69. The predicted molar refractivity (Wildman–Crippen MR) is 44.6 cm³/mol. The first kappa shape index (κ1) is 20.3. The van der Waals surface area contributed by atoms with E-state index >= 15 is 0 Å². The van der Waals surface area contributed by atoms with Crippen molar-refractivity contribution >= 4 is 5.71 Å². The first-order chi connectivity index (χ1) is 5.77. The molecule has 0 aliphatic heterocycles. The van der Waals surface area contributed by atoms with Gasteiger partial charge in [-0.3, -0.25) is 10.3 Å². The van der Waals surface area contributed by atoms with Gasteiger partial charge < -0.3 is 30.3 Å². The van der Waals surface area contributed by atoms with Gasteiger partial charge in [-0.15, -0.1) is 0 Å². The minimum Gasteiger partial charge on any atom is -1.00 e. The minimum absolute atomic E-state index is 0. The fourth-order valence-corrected chi connectivity index (χ4v) is 0.975. The Morgan fingerprint density at radius 1 is 1.47 bits per heavy atom. The van der Waals surface area contributed by atoms with Gasteiger partial charge in [-0.25, -0.2) is 0 Å². The molecule has 0 amide bonds. The Hall–Kier alpha value is -0.177. The number of hydrogen-bond donors (Lipinski definition) is 1. The summed E-state index contributed by atoms with van der Waals surface area (Å²) in [6.45, 7) is 2.39. The van der Waals surface area contributed by atoms with Gasteiger partial charge in [0.05, 0.1) is 12.1 Å². The topological polar surface area (TPSA) is 59.9 Å². The van der Waals surface area contributed by atoms with Crippen molar-refractivity contribution in [3.63, 3.8) is 0 Å². The Morgan fingerprint density at radius 3 is 2.40 bits per heavy atom. The summed E-state index contributed by atoms with van der Waals surface area (Å²) in [6.07, 6.45) is 5.74. The molecule has 0 aromatic carbocycles. The maximum Gasteiger partial charge on any atom is 2.00 e. The molecule has 0 saturated carbocycles. The molecule has 15 heavy (non-hydrogen) atoms. The van der Waals surface area contributed by atoms with E-state index in [9.17, 15) is 5.21 Å². The van der Waals surface area contributed by atoms with Crippen molar-refractivity contribution in [3.05, 3.63) is 29.5 Å². The van der Waals surface area contributed by atoms with E-state index in [-0.39, 0.29) is 44.3 Å². The molecule has 0 heterocycles. The zero-order chi connectivity index (χ0) is 8.97. The molecule has 0 aromatic rings. The largest absolute Gasteiger partial charge is 2.00 e. The molecule has 4 nitrogen and oxygen atoms in total. The molecule has 1 rings (SSSR count). The van der Waals surface area contributed by atoms with Crippen LogP contribution in [0, 0.1) is 0 Å². The van der Waals surface area contributed by atoms with Crippen molar-refractivity contribution in [2.75, 3.05) is 6.54 Å². The quantitative estimate of drug-likeness (QED) is 0.241. The molecule has 1 aliphatic rings. The summed E-state index contributed by atoms with van der Waals surface area (Å²) in [4.78, 5) is 3.05. The van der Waals surface area contributed by atoms with E-state index in [1.54, 1.807) is 18.2 Å². The van der Waals surface area contributed by atoms with Gasteiger partial charge in [0, 0.05) is 12.6 Å². The average Bonchev–Trinajstić information content (AvgIpc) is 2.17. The van der Waals surface area contributed by atoms with Crippen LogP contribution in [-0.4, -0.2) is 27.3 Å². The van der Waals surface area contributed by atoms with Crippen molar-refractivity contribution in [2.45, 2.75) is 13.3 Å². The number of rotatable bonds is 2. The maximum atomic E-state index is 9.25. The van der Waals surface area contributed by atoms with Crippen LogP contribution in [0.2, 0.25) is 0 Å². The Kier molecular flexibility index (Phi) is 14.0. The van der Waals surface area contributed by atoms with Crippen LogP contribution in [0.4, 0.5) is 0 Å². The van der Waals surface area contributed by atoms with E-state index in [0.717, 1.165) is 10.8 Å². The Labute approximate surface area is 114 Å². The van der Waals surface area contributed by atoms with E-state index in [4.69, 9.17) is 5.53 Å². The van der Waals surface area contributed by atoms with Crippen LogP contribution in [0.3, 0.4) is 0 Å². The van der Waals surface area contributed by atoms with Crippen LogP contribution < -0.4 is 24.8 Å². The van der Waals surface area contributed by atoms with Crippen molar-refractivity contribution in [1.82, 2.24) is 5.06 Å². The van der Waals surface area contributed by atoms with Gasteiger partial charge in [0.25, 0.3) is 5.71 Å². The standard InChI is InChI=1S/C8H11N3O.2ClH.Zn/c1-2-11(12)8-5-3-7(10-9)4-6-8;;;/h3,5-6,12H,2,4H2,1H3;2*1H;/q;;;+2/p-2. The molecular formula is C8H11Cl2N3OZn. The molecule has 0 radical (unpaired) electrons. The van der Waals surface area contributed by atoms with E-state index < -0.39 is 0 Å². The van der Waals surface area contributed by atoms with E-state index in [2.05, 4.69) is 4.79 Å². The maximum absolute atomic E-state index is 9.25. The zero-order valence-corrected chi connectivity index (χ0v) is 12.9. The summed E-state index contributed by atoms with van der Waals surface area (Å²) in [5.74, 6) is 0. The van der Waals surface area contributed by atoms with Crippen LogP contribution >= 0.6 is 0 Å². The average molecular weight is 301 g/mol. The van der Waals surface area contributed by atoms with Crippen molar-refractivity contribution < 1.29 is 54.3 Å². The second kappa shape index (κ2) is 10.3. The molecule has 1 aliphatic carbocycles. The number of halogens is 2. The van der Waals surface area contributed by atoms with Gasteiger partial charge >= 0.3 is 19.5 Å². The third kappa shape index (κ3) is 6.08. The van der Waals surface area contributed by atoms with Crippen molar-refractivity contribution in [3.8, 4) is 0 Å². The van der Waals surface area contributed by atoms with Crippen LogP contribution in [0.1, 0.15) is 13.3 Å². The van der Waals surface area contributed by atoms with Crippen LogP contribution in [0.15, 0.2) is 23.9 Å². The van der Waals surface area contributed by atoms with Crippen LogP contribution in [0.25, 0.3) is 5.53 Å². The van der Waals surface area contributed by atoms with E-state index in [1.807, 2.05) is 6.92 Å². The molecule has 0 saturated heterocycles. The number of likely N-dealkylation sites (N-methyl/N-ethyl adjacent to an activating group) is 1. The smallest absolute Gasteiger partial charge is 1.00 e. The molecule has 7 heteroatoms. The molecule has 1 N–H and O–H groups in total. The van der Waals surface area contributed by atoms with Gasteiger partial charge in [-0.2, -0.15) is 4.79 Å². The van der Waals surface area contributed by atoms with Crippen LogP contribution in [-0.2, 0) is 19.5 Å². The number of allylic oxidation sites excluding steroid dienone is 3. The van der Waals surface area contributed by atoms with Gasteiger partial charge in [0.1, 0.15) is 0 Å². The second-order valence-corrected chi connectivity index (χ2v) is 2.47. The number of nitrogens with zero attached hydrogens (tertiary/aromatic N) is 3. The minimum atomic E-state index is 0. The Bertz CT molecular complexity index is 288. The summed E-state index contributed by atoms with van der Waals surface area (Å²) in [5.41, 5.74) is 9.75. The summed E-state index contributed by atoms with van der Waals surface area (Å²) in [6, 6.07) is 0. The van der Waals surface area contributed by atoms with Crippen molar-refractivity contribution in [2.24, 2.45) is 0 Å². The SMILES string of the molecule is CCN(O)C1=CCC(=[N+]=[N-])C=C1.[Cl-].[Cl-].[Zn+2]. The third-order valence-electron chi connectivity index (χ3n) is 1.69. The zero-order valence-electron chi connectivity index (χ0n) is 8.40. The summed E-state index contributed by atoms with van der Waals surface area (Å²) in [7, 11) is 0. The Balaban J connectivity index is -0.000000480. The number of hydroxylamine groups is 2. The molecule has 0 bridgehead atoms. The molecule has 0 atom stereocenters. The fraction of sp³-hybridized carbons (Fsp3) is 0.375. The van der Waals surface area contributed by atoms with Gasteiger partial charge in [0.15, 0.2) is 0 Å². The summed E-state index contributed by atoms with van der Waals surface area (Å²) >= 11 is 0. The number of hydrogen-bond acceptors (Lipinski definition) is 2. The van der Waals surface area contributed by atoms with Gasteiger partial charge in [-0.1, -0.05) is 0 Å². The molecule has 0 unspecified atom stereocenters. The van der Waals surface area contributed by atoms with Crippen LogP contribution in [0.5, 0.6) is 0 Å². The van der Waals surface area contributed by atoms with Gasteiger partial charge in [-0.05, 0) is 19.1 Å². The monoisotopic (exact) mass is 299 g/mol. The summed E-state index contributed by atoms with van der Waals surface area (Å²) < 4.78 is 0. The Morgan fingerprint density at radius 2 is 2.07 bits per heavy atom.